The van der Waals surface area contributed by atoms with E-state index >= 15 is 0 Å². The molecule has 1 aliphatic rings. The van der Waals surface area contributed by atoms with Gasteiger partial charge in [-0.2, -0.15) is 0 Å². The number of ether oxygens (including phenoxy) is 1. The Balaban J connectivity index is 1.49. The van der Waals surface area contributed by atoms with Crippen LogP contribution in [0.1, 0.15) is 30.9 Å². The SMILES string of the molecule is O=C(CCC[C@@H]1OB(O)c2ccccc21)Oc1ccccc1. The Kier molecular flexibility index (Phi) is 4.56. The van der Waals surface area contributed by atoms with E-state index in [0.29, 0.717) is 25.0 Å². The van der Waals surface area contributed by atoms with E-state index in [1.807, 2.05) is 42.5 Å². The number of esters is 1. The van der Waals surface area contributed by atoms with Gasteiger partial charge >= 0.3 is 13.1 Å². The lowest BCUT2D eigenvalue weighted by Crippen LogP contribution is -2.27. The van der Waals surface area contributed by atoms with E-state index in [4.69, 9.17) is 9.39 Å². The monoisotopic (exact) mass is 296 g/mol. The fourth-order valence-electron chi connectivity index (χ4n) is 2.66. The Labute approximate surface area is 129 Å². The molecule has 0 fully saturated rings. The van der Waals surface area contributed by atoms with Crippen LogP contribution in [0.2, 0.25) is 0 Å². The van der Waals surface area contributed by atoms with E-state index < -0.39 is 7.12 Å². The first kappa shape index (κ1) is 14.8. The van der Waals surface area contributed by atoms with E-state index in [-0.39, 0.29) is 12.1 Å². The van der Waals surface area contributed by atoms with Gasteiger partial charge < -0.3 is 14.4 Å². The molecule has 0 bridgehead atoms. The van der Waals surface area contributed by atoms with Crippen LogP contribution >= 0.6 is 0 Å². The topological polar surface area (TPSA) is 55.8 Å². The first-order chi connectivity index (χ1) is 10.7. The first-order valence-corrected chi connectivity index (χ1v) is 7.42. The van der Waals surface area contributed by atoms with Crippen molar-refractivity contribution in [2.45, 2.75) is 25.4 Å². The van der Waals surface area contributed by atoms with Gasteiger partial charge in [0.15, 0.2) is 0 Å². The molecular weight excluding hydrogens is 279 g/mol. The Hall–Kier alpha value is -2.11. The third kappa shape index (κ3) is 3.38. The molecule has 0 aromatic heterocycles. The number of para-hydroxylation sites is 1. The zero-order valence-corrected chi connectivity index (χ0v) is 12.1. The summed E-state index contributed by atoms with van der Waals surface area (Å²) in [5, 5.41) is 9.84. The summed E-state index contributed by atoms with van der Waals surface area (Å²) < 4.78 is 10.8. The van der Waals surface area contributed by atoms with Gasteiger partial charge in [0.2, 0.25) is 0 Å². The molecule has 0 unspecified atom stereocenters. The number of benzene rings is 2. The Morgan fingerprint density at radius 1 is 1.14 bits per heavy atom. The van der Waals surface area contributed by atoms with Gasteiger partial charge in [-0.25, -0.2) is 0 Å². The standard InChI is InChI=1S/C17H17BO4/c19-17(21-13-7-2-1-3-8-13)12-6-11-16-14-9-4-5-10-15(14)18(20)22-16/h1-5,7-10,16,20H,6,11-12H2/t16-/m0/s1. The molecule has 3 rings (SSSR count). The number of rotatable bonds is 5. The smallest absolute Gasteiger partial charge is 0.427 e. The molecule has 5 heteroatoms. The first-order valence-electron chi connectivity index (χ1n) is 7.42. The maximum atomic E-state index is 11.8. The lowest BCUT2D eigenvalue weighted by atomic mass is 9.79. The number of carbonyl (C=O) groups excluding carboxylic acids is 1. The van der Waals surface area contributed by atoms with Gasteiger partial charge in [0.05, 0.1) is 6.10 Å². The van der Waals surface area contributed by atoms with Crippen molar-refractivity contribution in [3.8, 4) is 5.75 Å². The minimum absolute atomic E-state index is 0.157. The fraction of sp³-hybridized carbons (Fsp3) is 0.235. The zero-order chi connectivity index (χ0) is 15.4. The van der Waals surface area contributed by atoms with Crippen molar-refractivity contribution < 1.29 is 19.2 Å². The Morgan fingerprint density at radius 2 is 1.86 bits per heavy atom. The summed E-state index contributed by atoms with van der Waals surface area (Å²) in [6.45, 7) is 0. The molecule has 2 aromatic carbocycles. The summed E-state index contributed by atoms with van der Waals surface area (Å²) in [5.74, 6) is 0.309. The van der Waals surface area contributed by atoms with Crippen LogP contribution in [0.15, 0.2) is 54.6 Å². The van der Waals surface area contributed by atoms with E-state index in [1.54, 1.807) is 12.1 Å². The van der Waals surface area contributed by atoms with Crippen LogP contribution in [0.5, 0.6) is 5.75 Å². The maximum absolute atomic E-state index is 11.8. The molecule has 1 atom stereocenters. The van der Waals surface area contributed by atoms with Crippen LogP contribution < -0.4 is 10.2 Å². The van der Waals surface area contributed by atoms with Crippen molar-refractivity contribution in [1.82, 2.24) is 0 Å². The summed E-state index contributed by atoms with van der Waals surface area (Å²) >= 11 is 0. The largest absolute Gasteiger partial charge is 0.491 e. The second-order valence-corrected chi connectivity index (χ2v) is 5.29. The number of fused-ring (bicyclic) bond motifs is 1. The van der Waals surface area contributed by atoms with Crippen LogP contribution in [-0.2, 0) is 9.45 Å². The van der Waals surface area contributed by atoms with Gasteiger partial charge in [-0.05, 0) is 36.0 Å². The third-order valence-corrected chi connectivity index (χ3v) is 3.72. The van der Waals surface area contributed by atoms with E-state index in [0.717, 1.165) is 11.0 Å². The summed E-state index contributed by atoms with van der Waals surface area (Å²) in [6.07, 6.45) is 1.50. The Bertz CT molecular complexity index is 644. The predicted octanol–water partition coefficient (Wildman–Crippen LogP) is 2.22. The molecule has 1 N–H and O–H groups in total. The van der Waals surface area contributed by atoms with Gasteiger partial charge in [-0.1, -0.05) is 42.5 Å². The van der Waals surface area contributed by atoms with E-state index in [9.17, 15) is 9.82 Å². The van der Waals surface area contributed by atoms with Gasteiger partial charge in [-0.15, -0.1) is 0 Å². The van der Waals surface area contributed by atoms with Crippen molar-refractivity contribution in [3.63, 3.8) is 0 Å². The average molecular weight is 296 g/mol. The molecule has 0 saturated heterocycles. The number of hydrogen-bond acceptors (Lipinski definition) is 4. The number of carbonyl (C=O) groups is 1. The van der Waals surface area contributed by atoms with Crippen molar-refractivity contribution >= 4 is 18.6 Å². The van der Waals surface area contributed by atoms with Gasteiger partial charge in [0, 0.05) is 6.42 Å². The highest BCUT2D eigenvalue weighted by atomic mass is 16.5. The highest BCUT2D eigenvalue weighted by molar-refractivity contribution is 6.61. The third-order valence-electron chi connectivity index (χ3n) is 3.72. The number of hydrogen-bond donors (Lipinski definition) is 1. The van der Waals surface area contributed by atoms with Crippen LogP contribution in [0.3, 0.4) is 0 Å². The molecule has 1 aliphatic heterocycles. The molecule has 1 heterocycles. The molecule has 0 spiro atoms. The molecule has 0 radical (unpaired) electrons. The summed E-state index contributed by atoms with van der Waals surface area (Å²) in [5.41, 5.74) is 1.82. The van der Waals surface area contributed by atoms with Gasteiger partial charge in [-0.3, -0.25) is 4.79 Å². The van der Waals surface area contributed by atoms with E-state index in [2.05, 4.69) is 0 Å². The van der Waals surface area contributed by atoms with Gasteiger partial charge in [0.1, 0.15) is 5.75 Å². The maximum Gasteiger partial charge on any atom is 0.491 e. The minimum Gasteiger partial charge on any atom is -0.427 e. The molecule has 0 saturated carbocycles. The van der Waals surface area contributed by atoms with Gasteiger partial charge in [0.25, 0.3) is 0 Å². The molecule has 22 heavy (non-hydrogen) atoms. The molecule has 0 amide bonds. The van der Waals surface area contributed by atoms with Crippen LogP contribution in [0.4, 0.5) is 0 Å². The van der Waals surface area contributed by atoms with E-state index in [1.165, 1.54) is 0 Å². The average Bonchev–Trinajstić information content (AvgIpc) is 2.85. The van der Waals surface area contributed by atoms with Crippen LogP contribution in [0.25, 0.3) is 0 Å². The normalized spacial score (nSPS) is 16.4. The van der Waals surface area contributed by atoms with Crippen molar-refractivity contribution in [2.24, 2.45) is 0 Å². The second-order valence-electron chi connectivity index (χ2n) is 5.29. The van der Waals surface area contributed by atoms with Crippen molar-refractivity contribution in [3.05, 3.63) is 60.2 Å². The fourth-order valence-corrected chi connectivity index (χ4v) is 2.66. The Morgan fingerprint density at radius 3 is 2.68 bits per heavy atom. The highest BCUT2D eigenvalue weighted by Gasteiger charge is 2.34. The van der Waals surface area contributed by atoms with Crippen molar-refractivity contribution in [1.29, 1.82) is 0 Å². The molecule has 112 valence electrons. The van der Waals surface area contributed by atoms with Crippen LogP contribution in [-0.4, -0.2) is 18.1 Å². The second kappa shape index (κ2) is 6.77. The van der Waals surface area contributed by atoms with Crippen LogP contribution in [0, 0.1) is 0 Å². The predicted molar refractivity (Wildman–Crippen MR) is 83.8 cm³/mol. The lowest BCUT2D eigenvalue weighted by Gasteiger charge is -2.11. The summed E-state index contributed by atoms with van der Waals surface area (Å²) in [7, 11) is -0.863. The summed E-state index contributed by atoms with van der Waals surface area (Å²) in [6, 6.07) is 16.7. The molecule has 4 nitrogen and oxygen atoms in total. The summed E-state index contributed by atoms with van der Waals surface area (Å²) in [4.78, 5) is 11.8. The van der Waals surface area contributed by atoms with Crippen molar-refractivity contribution in [2.75, 3.05) is 0 Å². The molecular formula is C17H17BO4. The highest BCUT2D eigenvalue weighted by Crippen LogP contribution is 2.28. The quantitative estimate of drug-likeness (QED) is 0.522. The zero-order valence-electron chi connectivity index (χ0n) is 12.1. The molecule has 2 aromatic rings. The minimum atomic E-state index is -0.863. The lowest BCUT2D eigenvalue weighted by molar-refractivity contribution is -0.134. The molecule has 0 aliphatic carbocycles.